The van der Waals surface area contributed by atoms with Crippen LogP contribution in [0.1, 0.15) is 10.4 Å². The van der Waals surface area contributed by atoms with Crippen LogP contribution in [-0.2, 0) is 10.0 Å². The van der Waals surface area contributed by atoms with Gasteiger partial charge >= 0.3 is 0 Å². The van der Waals surface area contributed by atoms with Crippen molar-refractivity contribution in [2.75, 3.05) is 21.3 Å². The van der Waals surface area contributed by atoms with E-state index >= 15 is 0 Å². The van der Waals surface area contributed by atoms with Gasteiger partial charge in [-0.2, -0.15) is 0 Å². The predicted molar refractivity (Wildman–Crippen MR) is 95.3 cm³/mol. The summed E-state index contributed by atoms with van der Waals surface area (Å²) < 4.78 is 39.9. The van der Waals surface area contributed by atoms with E-state index in [9.17, 15) is 13.2 Å². The van der Waals surface area contributed by atoms with Crippen molar-refractivity contribution in [3.8, 4) is 17.2 Å². The Kier molecular flexibility index (Phi) is 6.30. The van der Waals surface area contributed by atoms with Crippen LogP contribution >= 0.6 is 11.6 Å². The van der Waals surface area contributed by atoms with Crippen molar-refractivity contribution >= 4 is 27.5 Å². The molecule has 0 aliphatic carbocycles. The molecule has 0 aromatic heterocycles. The van der Waals surface area contributed by atoms with Gasteiger partial charge in [0.2, 0.25) is 5.75 Å². The van der Waals surface area contributed by atoms with Crippen LogP contribution < -0.4 is 24.5 Å². The largest absolute Gasteiger partial charge is 0.493 e. The number of halogens is 1. The summed E-state index contributed by atoms with van der Waals surface area (Å²) in [5.41, 5.74) is 2.23. The minimum absolute atomic E-state index is 0.0878. The first-order valence-corrected chi connectivity index (χ1v) is 9.06. The third-order valence-electron chi connectivity index (χ3n) is 3.33. The number of benzene rings is 2. The van der Waals surface area contributed by atoms with E-state index in [1.807, 2.05) is 4.83 Å². The van der Waals surface area contributed by atoms with E-state index in [4.69, 9.17) is 25.8 Å². The lowest BCUT2D eigenvalue weighted by Crippen LogP contribution is -2.41. The molecule has 1 amide bonds. The number of carbonyl (C=O) groups is 1. The highest BCUT2D eigenvalue weighted by Crippen LogP contribution is 2.38. The molecule has 0 fully saturated rings. The standard InChI is InChI=1S/C16H17ClN2O6S/c1-23-13-7-10(8-14(24-2)15(13)25-3)16(20)18-19-26(21,22)12-6-4-5-11(17)9-12/h4-9,19H,1-3H3,(H,18,20). The molecule has 2 rings (SSSR count). The molecule has 2 aromatic rings. The van der Waals surface area contributed by atoms with Crippen LogP contribution in [-0.4, -0.2) is 35.7 Å². The molecule has 0 saturated heterocycles. The molecule has 2 N–H and O–H groups in total. The van der Waals surface area contributed by atoms with Gasteiger partial charge in [0, 0.05) is 10.6 Å². The number of ether oxygens (including phenoxy) is 3. The van der Waals surface area contributed by atoms with Gasteiger partial charge in [-0.1, -0.05) is 17.7 Å². The second-order valence-electron chi connectivity index (χ2n) is 4.93. The molecule has 140 valence electrons. The molecule has 10 heteroatoms. The van der Waals surface area contributed by atoms with Crippen molar-refractivity contribution in [2.45, 2.75) is 4.90 Å². The number of methoxy groups -OCH3 is 3. The molecule has 0 unspecified atom stereocenters. The van der Waals surface area contributed by atoms with Crippen molar-refractivity contribution in [3.63, 3.8) is 0 Å². The smallest absolute Gasteiger partial charge is 0.266 e. The van der Waals surface area contributed by atoms with E-state index in [0.717, 1.165) is 0 Å². The molecule has 0 bridgehead atoms. The number of amides is 1. The van der Waals surface area contributed by atoms with Crippen molar-refractivity contribution < 1.29 is 27.4 Å². The lowest BCUT2D eigenvalue weighted by Gasteiger charge is -2.14. The monoisotopic (exact) mass is 400 g/mol. The average molecular weight is 401 g/mol. The fourth-order valence-corrected chi connectivity index (χ4v) is 3.23. The summed E-state index contributed by atoms with van der Waals surface area (Å²) in [6, 6.07) is 8.41. The average Bonchev–Trinajstić information content (AvgIpc) is 2.64. The van der Waals surface area contributed by atoms with Gasteiger partial charge in [0.1, 0.15) is 0 Å². The molecule has 8 nitrogen and oxygen atoms in total. The minimum Gasteiger partial charge on any atom is -0.493 e. The first kappa shape index (κ1) is 19.8. The molecule has 0 atom stereocenters. The van der Waals surface area contributed by atoms with E-state index in [2.05, 4.69) is 5.43 Å². The molecule has 0 aliphatic heterocycles. The van der Waals surface area contributed by atoms with Crippen molar-refractivity contribution in [1.82, 2.24) is 10.3 Å². The summed E-state index contributed by atoms with van der Waals surface area (Å²) in [5.74, 6) is 0.116. The van der Waals surface area contributed by atoms with Crippen LogP contribution in [0.3, 0.4) is 0 Å². The van der Waals surface area contributed by atoms with E-state index < -0.39 is 15.9 Å². The summed E-state index contributed by atoms with van der Waals surface area (Å²) >= 11 is 5.79. The fourth-order valence-electron chi connectivity index (χ4n) is 2.09. The number of carbonyl (C=O) groups excluding carboxylic acids is 1. The molecule has 0 saturated carbocycles. The van der Waals surface area contributed by atoms with Gasteiger partial charge in [0.05, 0.1) is 26.2 Å². The van der Waals surface area contributed by atoms with Crippen LogP contribution in [0, 0.1) is 0 Å². The van der Waals surface area contributed by atoms with Crippen LogP contribution in [0.2, 0.25) is 5.02 Å². The highest BCUT2D eigenvalue weighted by Gasteiger charge is 2.19. The van der Waals surface area contributed by atoms with Gasteiger partial charge in [0.25, 0.3) is 15.9 Å². The van der Waals surface area contributed by atoms with Crippen LogP contribution in [0.4, 0.5) is 0 Å². The Labute approximate surface area is 156 Å². The van der Waals surface area contributed by atoms with Gasteiger partial charge in [-0.25, -0.2) is 8.42 Å². The van der Waals surface area contributed by atoms with Gasteiger partial charge in [-0.05, 0) is 30.3 Å². The Hall–Kier alpha value is -2.49. The Balaban J connectivity index is 2.22. The highest BCUT2D eigenvalue weighted by atomic mass is 35.5. The van der Waals surface area contributed by atoms with Crippen molar-refractivity contribution in [1.29, 1.82) is 0 Å². The maximum atomic E-state index is 12.3. The fraction of sp³-hybridized carbons (Fsp3) is 0.188. The zero-order chi connectivity index (χ0) is 19.3. The van der Waals surface area contributed by atoms with E-state index in [0.29, 0.717) is 5.75 Å². The van der Waals surface area contributed by atoms with E-state index in [1.165, 1.54) is 57.7 Å². The lowest BCUT2D eigenvalue weighted by atomic mass is 10.1. The highest BCUT2D eigenvalue weighted by molar-refractivity contribution is 7.89. The quantitative estimate of drug-likeness (QED) is 0.689. The lowest BCUT2D eigenvalue weighted by molar-refractivity contribution is 0.0944. The van der Waals surface area contributed by atoms with Gasteiger partial charge in [0.15, 0.2) is 11.5 Å². The zero-order valence-electron chi connectivity index (χ0n) is 14.2. The maximum absolute atomic E-state index is 12.3. The topological polar surface area (TPSA) is 103 Å². The molecule has 0 heterocycles. The molecule has 0 aliphatic rings. The first-order chi connectivity index (χ1) is 12.3. The molecule has 2 aromatic carbocycles. The Morgan fingerprint density at radius 3 is 2.12 bits per heavy atom. The summed E-state index contributed by atoms with van der Waals surface area (Å²) in [6.07, 6.45) is 0. The summed E-state index contributed by atoms with van der Waals surface area (Å²) in [7, 11) is 0.253. The normalized spacial score (nSPS) is 10.9. The molecular weight excluding hydrogens is 384 g/mol. The van der Waals surface area contributed by atoms with Gasteiger partial charge < -0.3 is 14.2 Å². The first-order valence-electron chi connectivity index (χ1n) is 7.20. The number of hydrogen-bond donors (Lipinski definition) is 2. The number of sulfonamides is 1. The van der Waals surface area contributed by atoms with Gasteiger partial charge in [-0.3, -0.25) is 10.2 Å². The van der Waals surface area contributed by atoms with Crippen molar-refractivity contribution in [3.05, 3.63) is 47.0 Å². The number of rotatable bonds is 7. The Morgan fingerprint density at radius 1 is 1.00 bits per heavy atom. The zero-order valence-corrected chi connectivity index (χ0v) is 15.8. The van der Waals surface area contributed by atoms with E-state index in [1.54, 1.807) is 0 Å². The predicted octanol–water partition coefficient (Wildman–Crippen LogP) is 1.99. The minimum atomic E-state index is -3.98. The van der Waals surface area contributed by atoms with Crippen LogP contribution in [0.25, 0.3) is 0 Å². The number of hydrazine groups is 1. The second-order valence-corrected chi connectivity index (χ2v) is 7.05. The van der Waals surface area contributed by atoms with Crippen LogP contribution in [0.15, 0.2) is 41.3 Å². The summed E-state index contributed by atoms with van der Waals surface area (Å²) in [4.78, 5) is 14.2. The van der Waals surface area contributed by atoms with Crippen LogP contribution in [0.5, 0.6) is 17.2 Å². The summed E-state index contributed by atoms with van der Waals surface area (Å²) in [6.45, 7) is 0. The maximum Gasteiger partial charge on any atom is 0.266 e. The number of nitrogens with one attached hydrogen (secondary N) is 2. The third-order valence-corrected chi connectivity index (χ3v) is 4.81. The Morgan fingerprint density at radius 2 is 1.62 bits per heavy atom. The van der Waals surface area contributed by atoms with Crippen molar-refractivity contribution in [2.24, 2.45) is 0 Å². The third kappa shape index (κ3) is 4.37. The molecular formula is C16H17ClN2O6S. The molecule has 26 heavy (non-hydrogen) atoms. The van der Waals surface area contributed by atoms with E-state index in [-0.39, 0.29) is 27.0 Å². The SMILES string of the molecule is COc1cc(C(=O)NNS(=O)(=O)c2cccc(Cl)c2)cc(OC)c1OC. The Bertz CT molecular complexity index is 892. The molecule has 0 radical (unpaired) electrons. The van der Waals surface area contributed by atoms with Gasteiger partial charge in [-0.15, -0.1) is 4.83 Å². The number of hydrogen-bond acceptors (Lipinski definition) is 6. The molecule has 0 spiro atoms. The second kappa shape index (κ2) is 8.26. The summed E-state index contributed by atoms with van der Waals surface area (Å²) in [5, 5.41) is 0.254.